The Labute approximate surface area is 59.5 Å². The molecule has 0 radical (unpaired) electrons. The first-order chi connectivity index (χ1) is 4.77. The minimum absolute atomic E-state index is 0.0486. The van der Waals surface area contributed by atoms with E-state index in [0.717, 1.165) is 12.8 Å². The molecule has 1 saturated carbocycles. The largest absolute Gasteiger partial charge is 0.460 e. The first-order valence-electron chi connectivity index (χ1n) is 3.72. The van der Waals surface area contributed by atoms with E-state index in [1.807, 2.05) is 0 Å². The predicted octanol–water partition coefficient (Wildman–Crippen LogP) is 0.0392. The molecule has 3 unspecified atom stereocenters. The van der Waals surface area contributed by atoms with Crippen LogP contribution >= 0.6 is 0 Å². The highest BCUT2D eigenvalue weighted by Crippen LogP contribution is 2.35. The smallest absolute Gasteiger partial charge is 0.306 e. The number of hydrogen-bond donors (Lipinski definition) is 1. The van der Waals surface area contributed by atoms with Crippen molar-refractivity contribution in [1.29, 1.82) is 0 Å². The zero-order valence-corrected chi connectivity index (χ0v) is 5.75. The van der Waals surface area contributed by atoms with E-state index in [9.17, 15) is 4.79 Å². The summed E-state index contributed by atoms with van der Waals surface area (Å²) in [5.74, 6) is 0.368. The summed E-state index contributed by atoms with van der Waals surface area (Å²) in [4.78, 5) is 10.7. The summed E-state index contributed by atoms with van der Waals surface area (Å²) in [7, 11) is 0. The Morgan fingerprint density at radius 1 is 1.50 bits per heavy atom. The summed E-state index contributed by atoms with van der Waals surface area (Å²) < 4.78 is 5.03. The summed E-state index contributed by atoms with van der Waals surface area (Å²) in [6, 6.07) is 0.108. The van der Waals surface area contributed by atoms with E-state index in [0.29, 0.717) is 12.3 Å². The van der Waals surface area contributed by atoms with Crippen LogP contribution in [0.4, 0.5) is 0 Å². The zero-order chi connectivity index (χ0) is 7.14. The maximum atomic E-state index is 10.7. The van der Waals surface area contributed by atoms with Crippen molar-refractivity contribution in [2.24, 2.45) is 11.7 Å². The maximum Gasteiger partial charge on any atom is 0.306 e. The van der Waals surface area contributed by atoms with Crippen molar-refractivity contribution in [3.05, 3.63) is 0 Å². The molecule has 3 nitrogen and oxygen atoms in total. The molecule has 0 bridgehead atoms. The third-order valence-corrected chi connectivity index (χ3v) is 2.45. The summed E-state index contributed by atoms with van der Waals surface area (Å²) >= 11 is 0. The molecule has 3 atom stereocenters. The summed E-state index contributed by atoms with van der Waals surface area (Å²) in [5, 5.41) is 0. The number of fused-ring (bicyclic) bond motifs is 1. The van der Waals surface area contributed by atoms with Crippen LogP contribution < -0.4 is 5.73 Å². The quantitative estimate of drug-likeness (QED) is 0.484. The van der Waals surface area contributed by atoms with Gasteiger partial charge in [-0.15, -0.1) is 0 Å². The van der Waals surface area contributed by atoms with Crippen molar-refractivity contribution in [1.82, 2.24) is 0 Å². The molecule has 1 aliphatic heterocycles. The Hall–Kier alpha value is -0.570. The van der Waals surface area contributed by atoms with Crippen molar-refractivity contribution < 1.29 is 9.53 Å². The minimum atomic E-state index is -0.0647. The van der Waals surface area contributed by atoms with Crippen molar-refractivity contribution in [3.8, 4) is 0 Å². The number of esters is 1. The molecule has 1 aliphatic carbocycles. The van der Waals surface area contributed by atoms with Crippen molar-refractivity contribution in [2.45, 2.75) is 31.4 Å². The van der Waals surface area contributed by atoms with Crippen LogP contribution in [0.15, 0.2) is 0 Å². The number of carbonyl (C=O) groups is 1. The standard InChI is InChI=1S/C7H11NO2/c8-5-2-1-4-3-6(9)10-7(4)5/h4-5,7H,1-3,8H2. The number of hydrogen-bond acceptors (Lipinski definition) is 3. The molecule has 0 aromatic heterocycles. The normalized spacial score (nSPS) is 45.3. The van der Waals surface area contributed by atoms with E-state index in [1.54, 1.807) is 0 Å². The second kappa shape index (κ2) is 1.95. The fraction of sp³-hybridized carbons (Fsp3) is 0.857. The number of carbonyl (C=O) groups excluding carboxylic acids is 1. The Morgan fingerprint density at radius 3 is 3.00 bits per heavy atom. The molecular weight excluding hydrogens is 130 g/mol. The molecule has 10 heavy (non-hydrogen) atoms. The molecule has 0 aromatic carbocycles. The first kappa shape index (κ1) is 6.16. The molecule has 2 fully saturated rings. The van der Waals surface area contributed by atoms with Gasteiger partial charge in [0.1, 0.15) is 6.10 Å². The van der Waals surface area contributed by atoms with Gasteiger partial charge < -0.3 is 10.5 Å². The second-order valence-corrected chi connectivity index (χ2v) is 3.16. The molecular formula is C7H11NO2. The first-order valence-corrected chi connectivity index (χ1v) is 3.72. The van der Waals surface area contributed by atoms with Crippen molar-refractivity contribution >= 4 is 5.97 Å². The van der Waals surface area contributed by atoms with Crippen LogP contribution in [0.2, 0.25) is 0 Å². The molecule has 2 rings (SSSR count). The van der Waals surface area contributed by atoms with Crippen molar-refractivity contribution in [2.75, 3.05) is 0 Å². The SMILES string of the molecule is NC1CCC2CC(=O)OC12. The molecule has 56 valence electrons. The summed E-state index contributed by atoms with van der Waals surface area (Å²) in [5.41, 5.74) is 5.70. The third kappa shape index (κ3) is 0.736. The summed E-state index contributed by atoms with van der Waals surface area (Å²) in [6.45, 7) is 0. The van der Waals surface area contributed by atoms with Crippen LogP contribution in [0.25, 0.3) is 0 Å². The van der Waals surface area contributed by atoms with E-state index in [4.69, 9.17) is 10.5 Å². The lowest BCUT2D eigenvalue weighted by Gasteiger charge is -2.11. The average molecular weight is 141 g/mol. The molecule has 3 heteroatoms. The van der Waals surface area contributed by atoms with Crippen LogP contribution in [0.1, 0.15) is 19.3 Å². The third-order valence-electron chi connectivity index (χ3n) is 2.45. The highest BCUT2D eigenvalue weighted by molar-refractivity contribution is 5.72. The van der Waals surface area contributed by atoms with Crippen LogP contribution in [0, 0.1) is 5.92 Å². The lowest BCUT2D eigenvalue weighted by Crippen LogP contribution is -2.31. The van der Waals surface area contributed by atoms with Gasteiger partial charge in [-0.1, -0.05) is 0 Å². The van der Waals surface area contributed by atoms with E-state index < -0.39 is 0 Å². The number of ether oxygens (including phenoxy) is 1. The van der Waals surface area contributed by atoms with Gasteiger partial charge in [-0.3, -0.25) is 4.79 Å². The zero-order valence-electron chi connectivity index (χ0n) is 5.75. The van der Waals surface area contributed by atoms with Gasteiger partial charge in [-0.25, -0.2) is 0 Å². The topological polar surface area (TPSA) is 52.3 Å². The van der Waals surface area contributed by atoms with E-state index in [1.165, 1.54) is 0 Å². The van der Waals surface area contributed by atoms with Gasteiger partial charge in [0.15, 0.2) is 0 Å². The lowest BCUT2D eigenvalue weighted by atomic mass is 10.0. The maximum absolute atomic E-state index is 10.7. The fourth-order valence-electron chi connectivity index (χ4n) is 1.90. The predicted molar refractivity (Wildman–Crippen MR) is 35.2 cm³/mol. The highest BCUT2D eigenvalue weighted by atomic mass is 16.6. The Bertz CT molecular complexity index is 169. The highest BCUT2D eigenvalue weighted by Gasteiger charge is 2.43. The van der Waals surface area contributed by atoms with Gasteiger partial charge in [0, 0.05) is 12.0 Å². The average Bonchev–Trinajstić information content (AvgIpc) is 2.35. The number of nitrogens with two attached hydrogens (primary N) is 1. The van der Waals surface area contributed by atoms with E-state index in [2.05, 4.69) is 0 Å². The Morgan fingerprint density at radius 2 is 2.30 bits per heavy atom. The second-order valence-electron chi connectivity index (χ2n) is 3.16. The summed E-state index contributed by atoms with van der Waals surface area (Å²) in [6.07, 6.45) is 2.73. The van der Waals surface area contributed by atoms with Gasteiger partial charge in [0.2, 0.25) is 0 Å². The molecule has 0 amide bonds. The molecule has 1 saturated heterocycles. The lowest BCUT2D eigenvalue weighted by molar-refractivity contribution is -0.141. The van der Waals surface area contributed by atoms with Gasteiger partial charge in [0.25, 0.3) is 0 Å². The Balaban J connectivity index is 2.12. The van der Waals surface area contributed by atoms with Gasteiger partial charge in [0.05, 0.1) is 6.42 Å². The molecule has 0 aromatic rings. The van der Waals surface area contributed by atoms with Crippen LogP contribution in [-0.4, -0.2) is 18.1 Å². The molecule has 2 aliphatic rings. The monoisotopic (exact) mass is 141 g/mol. The van der Waals surface area contributed by atoms with E-state index in [-0.39, 0.29) is 18.1 Å². The van der Waals surface area contributed by atoms with Crippen LogP contribution in [0.3, 0.4) is 0 Å². The fourth-order valence-corrected chi connectivity index (χ4v) is 1.90. The Kier molecular flexibility index (Phi) is 1.20. The van der Waals surface area contributed by atoms with Crippen LogP contribution in [-0.2, 0) is 9.53 Å². The van der Waals surface area contributed by atoms with Crippen LogP contribution in [0.5, 0.6) is 0 Å². The minimum Gasteiger partial charge on any atom is -0.460 e. The molecule has 2 N–H and O–H groups in total. The van der Waals surface area contributed by atoms with Gasteiger partial charge >= 0.3 is 5.97 Å². The van der Waals surface area contributed by atoms with E-state index >= 15 is 0 Å². The molecule has 0 spiro atoms. The number of rotatable bonds is 0. The van der Waals surface area contributed by atoms with Crippen molar-refractivity contribution in [3.63, 3.8) is 0 Å². The van der Waals surface area contributed by atoms with Gasteiger partial charge in [-0.05, 0) is 12.8 Å². The van der Waals surface area contributed by atoms with Gasteiger partial charge in [-0.2, -0.15) is 0 Å². The molecule has 1 heterocycles.